The maximum absolute atomic E-state index is 13.0. The number of hydrogen-bond acceptors (Lipinski definition) is 5. The molecule has 7 heteroatoms. The van der Waals surface area contributed by atoms with Crippen LogP contribution < -0.4 is 10.2 Å². The number of anilines is 2. The first-order chi connectivity index (χ1) is 16.4. The number of nitrogens with one attached hydrogen (secondary N) is 1. The smallest absolute Gasteiger partial charge is 0.294 e. The molecular weight excluding hydrogens is 458 g/mol. The number of carbonyl (C=O) groups is 3. The molecular formula is C28H33N3O3S. The van der Waals surface area contributed by atoms with Crippen LogP contribution in [0.4, 0.5) is 16.2 Å². The van der Waals surface area contributed by atoms with Crippen molar-refractivity contribution < 1.29 is 14.4 Å². The van der Waals surface area contributed by atoms with Gasteiger partial charge in [-0.1, -0.05) is 13.0 Å². The highest BCUT2D eigenvalue weighted by Gasteiger charge is 2.37. The first kappa shape index (κ1) is 25.0. The minimum atomic E-state index is -0.432. The van der Waals surface area contributed by atoms with Gasteiger partial charge in [0.05, 0.1) is 4.91 Å². The molecule has 4 rings (SSSR count). The van der Waals surface area contributed by atoms with Crippen LogP contribution in [0.1, 0.15) is 60.9 Å². The normalized spacial score (nSPS) is 20.4. The lowest BCUT2D eigenvalue weighted by molar-refractivity contribution is -0.127. The highest BCUT2D eigenvalue weighted by molar-refractivity contribution is 8.18. The van der Waals surface area contributed by atoms with Gasteiger partial charge < -0.3 is 10.2 Å². The van der Waals surface area contributed by atoms with E-state index in [1.165, 1.54) is 11.3 Å². The van der Waals surface area contributed by atoms with Crippen LogP contribution in [0, 0.1) is 20.8 Å². The summed E-state index contributed by atoms with van der Waals surface area (Å²) in [6.45, 7) is 12.4. The van der Waals surface area contributed by atoms with Crippen molar-refractivity contribution in [2.75, 3.05) is 23.8 Å². The highest BCUT2D eigenvalue weighted by atomic mass is 32.2. The van der Waals surface area contributed by atoms with Crippen LogP contribution in [0.2, 0.25) is 0 Å². The van der Waals surface area contributed by atoms with Gasteiger partial charge in [0.25, 0.3) is 11.1 Å². The molecule has 3 amide bonds. The Bertz CT molecular complexity index is 1260. The van der Waals surface area contributed by atoms with E-state index >= 15 is 0 Å². The van der Waals surface area contributed by atoms with E-state index in [-0.39, 0.29) is 12.1 Å². The largest absolute Gasteiger partial charge is 0.369 e. The number of rotatable bonds is 4. The Morgan fingerprint density at radius 1 is 1.11 bits per heavy atom. The van der Waals surface area contributed by atoms with Gasteiger partial charge in [0.15, 0.2) is 0 Å². The van der Waals surface area contributed by atoms with E-state index in [9.17, 15) is 14.4 Å². The van der Waals surface area contributed by atoms with Gasteiger partial charge in [-0.2, -0.15) is 0 Å². The summed E-state index contributed by atoms with van der Waals surface area (Å²) in [4.78, 5) is 41.9. The maximum Gasteiger partial charge on any atom is 0.294 e. The van der Waals surface area contributed by atoms with Crippen molar-refractivity contribution in [3.05, 3.63) is 63.1 Å². The molecule has 2 aromatic carbocycles. The molecule has 184 valence electrons. The number of fused-ring (bicyclic) bond motifs is 1. The minimum absolute atomic E-state index is 0.0703. The number of nitrogens with zero attached hydrogens (tertiary/aromatic N) is 2. The SMILES string of the molecule is Cc1ccc(NC(=O)CN2C(=O)S/C(=C\c3cc4c(cc3C)N(C)C(C)(C)CC4C)C2=O)cc1C. The number of aryl methyl sites for hydroxylation is 3. The third-order valence-electron chi connectivity index (χ3n) is 7.27. The van der Waals surface area contributed by atoms with Crippen molar-refractivity contribution in [3.63, 3.8) is 0 Å². The first-order valence-electron chi connectivity index (χ1n) is 11.9. The molecule has 0 saturated carbocycles. The molecule has 2 aliphatic rings. The third kappa shape index (κ3) is 4.87. The molecule has 2 aliphatic heterocycles. The third-order valence-corrected chi connectivity index (χ3v) is 8.18. The zero-order chi connectivity index (χ0) is 25.7. The van der Waals surface area contributed by atoms with Gasteiger partial charge in [0.1, 0.15) is 6.54 Å². The molecule has 1 fully saturated rings. The van der Waals surface area contributed by atoms with Crippen LogP contribution in [0.15, 0.2) is 35.2 Å². The second kappa shape index (κ2) is 9.19. The fraction of sp³-hybridized carbons (Fsp3) is 0.393. The molecule has 0 spiro atoms. The fourth-order valence-corrected chi connectivity index (χ4v) is 5.66. The zero-order valence-electron chi connectivity index (χ0n) is 21.5. The minimum Gasteiger partial charge on any atom is -0.369 e. The second-order valence-corrected chi connectivity index (χ2v) is 11.4. The van der Waals surface area contributed by atoms with Gasteiger partial charge in [-0.3, -0.25) is 19.3 Å². The standard InChI is InChI=1S/C28H33N3O3S/c1-16-8-9-21(10-17(16)2)29-25(32)15-31-26(33)24(35-27(31)34)13-20-12-22-19(4)14-28(5,6)30(7)23(22)11-18(20)3/h8-13,19H,14-15H2,1-7H3,(H,29,32)/b24-13-. The summed E-state index contributed by atoms with van der Waals surface area (Å²) in [5, 5.41) is 2.35. The Labute approximate surface area is 211 Å². The Morgan fingerprint density at radius 2 is 1.83 bits per heavy atom. The molecule has 0 aliphatic carbocycles. The van der Waals surface area contributed by atoms with Crippen LogP contribution in [0.25, 0.3) is 6.08 Å². The topological polar surface area (TPSA) is 69.7 Å². The van der Waals surface area contributed by atoms with Crippen molar-refractivity contribution in [2.45, 2.75) is 59.4 Å². The Hall–Kier alpha value is -3.06. The Morgan fingerprint density at radius 3 is 2.51 bits per heavy atom. The number of imide groups is 1. The molecule has 1 saturated heterocycles. The number of amides is 3. The summed E-state index contributed by atoms with van der Waals surface area (Å²) in [6, 6.07) is 9.92. The van der Waals surface area contributed by atoms with E-state index in [1.54, 1.807) is 6.08 Å². The molecule has 1 unspecified atom stereocenters. The van der Waals surface area contributed by atoms with E-state index in [0.717, 1.165) is 45.3 Å². The van der Waals surface area contributed by atoms with Crippen molar-refractivity contribution in [1.29, 1.82) is 0 Å². The first-order valence-corrected chi connectivity index (χ1v) is 12.7. The van der Waals surface area contributed by atoms with Crippen LogP contribution in [0.5, 0.6) is 0 Å². The van der Waals surface area contributed by atoms with Crippen LogP contribution in [0.3, 0.4) is 0 Å². The molecule has 1 N–H and O–H groups in total. The van der Waals surface area contributed by atoms with Crippen LogP contribution >= 0.6 is 11.8 Å². The lowest BCUT2D eigenvalue weighted by Crippen LogP contribution is -2.45. The number of thioether (sulfide) groups is 1. The lowest BCUT2D eigenvalue weighted by atomic mass is 9.79. The van der Waals surface area contributed by atoms with Gasteiger partial charge in [0, 0.05) is 24.0 Å². The lowest BCUT2D eigenvalue weighted by Gasteiger charge is -2.45. The van der Waals surface area contributed by atoms with Crippen LogP contribution in [-0.4, -0.2) is 41.1 Å². The van der Waals surface area contributed by atoms with Crippen molar-refractivity contribution in [2.24, 2.45) is 0 Å². The predicted molar refractivity (Wildman–Crippen MR) is 144 cm³/mol. The molecule has 0 bridgehead atoms. The summed E-state index contributed by atoms with van der Waals surface area (Å²) < 4.78 is 0. The van der Waals surface area contributed by atoms with E-state index in [1.807, 2.05) is 39.0 Å². The second-order valence-electron chi connectivity index (χ2n) is 10.4. The van der Waals surface area contributed by atoms with Crippen molar-refractivity contribution in [1.82, 2.24) is 4.90 Å². The highest BCUT2D eigenvalue weighted by Crippen LogP contribution is 2.44. The quantitative estimate of drug-likeness (QED) is 0.531. The monoisotopic (exact) mass is 491 g/mol. The maximum atomic E-state index is 13.0. The van der Waals surface area contributed by atoms with Gasteiger partial charge in [-0.05, 0) is 117 Å². The summed E-state index contributed by atoms with van der Waals surface area (Å²) in [5.74, 6) is -0.451. The molecule has 1 atom stereocenters. The molecule has 2 aromatic rings. The number of hydrogen-bond donors (Lipinski definition) is 1. The van der Waals surface area contributed by atoms with Crippen LogP contribution in [-0.2, 0) is 9.59 Å². The molecule has 0 aromatic heterocycles. The van der Waals surface area contributed by atoms with Gasteiger partial charge in [-0.25, -0.2) is 0 Å². The van der Waals surface area contributed by atoms with Crippen molar-refractivity contribution in [3.8, 4) is 0 Å². The summed E-state index contributed by atoms with van der Waals surface area (Å²) in [6.07, 6.45) is 2.82. The molecule has 0 radical (unpaired) electrons. The number of carbonyl (C=O) groups excluding carboxylic acids is 3. The Balaban J connectivity index is 1.53. The zero-order valence-corrected chi connectivity index (χ0v) is 22.3. The predicted octanol–water partition coefficient (Wildman–Crippen LogP) is 6.01. The number of benzene rings is 2. The molecule has 35 heavy (non-hydrogen) atoms. The summed E-state index contributed by atoms with van der Waals surface area (Å²) in [7, 11) is 2.12. The van der Waals surface area contributed by atoms with Gasteiger partial charge in [0.2, 0.25) is 5.91 Å². The van der Waals surface area contributed by atoms with E-state index in [2.05, 4.69) is 50.2 Å². The van der Waals surface area contributed by atoms with Crippen molar-refractivity contribution >= 4 is 46.3 Å². The molecule has 6 nitrogen and oxygen atoms in total. The average molecular weight is 492 g/mol. The van der Waals surface area contributed by atoms with E-state index in [0.29, 0.717) is 16.5 Å². The Kier molecular flexibility index (Phi) is 6.58. The van der Waals surface area contributed by atoms with Gasteiger partial charge in [-0.15, -0.1) is 0 Å². The van der Waals surface area contributed by atoms with E-state index in [4.69, 9.17) is 0 Å². The summed E-state index contributed by atoms with van der Waals surface area (Å²) in [5.41, 5.74) is 7.32. The van der Waals surface area contributed by atoms with E-state index < -0.39 is 17.1 Å². The summed E-state index contributed by atoms with van der Waals surface area (Å²) >= 11 is 0.885. The average Bonchev–Trinajstić information content (AvgIpc) is 3.03. The fourth-order valence-electron chi connectivity index (χ4n) is 4.83. The molecule has 2 heterocycles. The van der Waals surface area contributed by atoms with Gasteiger partial charge >= 0.3 is 0 Å².